The van der Waals surface area contributed by atoms with Gasteiger partial charge in [0.25, 0.3) is 0 Å². The van der Waals surface area contributed by atoms with Crippen LogP contribution in [0.25, 0.3) is 6.08 Å². The topological polar surface area (TPSA) is 44.4 Å². The molecule has 1 heterocycles. The van der Waals surface area contributed by atoms with Crippen molar-refractivity contribution >= 4 is 12.1 Å². The molecule has 1 aromatic rings. The zero-order chi connectivity index (χ0) is 15.1. The van der Waals surface area contributed by atoms with Crippen molar-refractivity contribution in [2.75, 3.05) is 26.2 Å². The van der Waals surface area contributed by atoms with E-state index in [1.54, 1.807) is 0 Å². The Morgan fingerprint density at radius 3 is 3.10 bits per heavy atom. The van der Waals surface area contributed by atoms with Gasteiger partial charge in [0.05, 0.1) is 0 Å². The Morgan fingerprint density at radius 1 is 1.48 bits per heavy atom. The molecule has 2 rings (SSSR count). The lowest BCUT2D eigenvalue weighted by atomic mass is 10.1. The first-order chi connectivity index (χ1) is 10.2. The van der Waals surface area contributed by atoms with Crippen molar-refractivity contribution in [3.63, 3.8) is 0 Å². The van der Waals surface area contributed by atoms with Crippen LogP contribution in [0.4, 0.5) is 4.79 Å². The summed E-state index contributed by atoms with van der Waals surface area (Å²) >= 11 is 0. The lowest BCUT2D eigenvalue weighted by Gasteiger charge is -2.17. The molecule has 4 heteroatoms. The molecule has 1 fully saturated rings. The van der Waals surface area contributed by atoms with Crippen molar-refractivity contribution in [3.8, 4) is 0 Å². The molecule has 1 atom stereocenters. The molecule has 1 unspecified atom stereocenters. The number of carbonyl (C=O) groups excluding carboxylic acids is 1. The van der Waals surface area contributed by atoms with E-state index in [1.165, 1.54) is 11.1 Å². The SMILES string of the molecule is C=Cc1cccc(CN2CCC(CNC(=O)NCC)C2)c1. The monoisotopic (exact) mass is 287 g/mol. The largest absolute Gasteiger partial charge is 0.338 e. The fraction of sp³-hybridized carbons (Fsp3) is 0.471. The van der Waals surface area contributed by atoms with Crippen molar-refractivity contribution in [1.29, 1.82) is 0 Å². The van der Waals surface area contributed by atoms with Gasteiger partial charge in [0.2, 0.25) is 0 Å². The van der Waals surface area contributed by atoms with E-state index in [0.717, 1.165) is 32.6 Å². The van der Waals surface area contributed by atoms with Gasteiger partial charge in [-0.15, -0.1) is 0 Å². The molecule has 0 aliphatic carbocycles. The van der Waals surface area contributed by atoms with Crippen LogP contribution in [-0.4, -0.2) is 37.1 Å². The lowest BCUT2D eigenvalue weighted by Crippen LogP contribution is -2.38. The molecule has 2 amide bonds. The Balaban J connectivity index is 1.77. The lowest BCUT2D eigenvalue weighted by molar-refractivity contribution is 0.239. The van der Waals surface area contributed by atoms with Crippen LogP contribution in [0.2, 0.25) is 0 Å². The van der Waals surface area contributed by atoms with E-state index in [9.17, 15) is 4.79 Å². The van der Waals surface area contributed by atoms with Crippen LogP contribution in [0.15, 0.2) is 30.8 Å². The summed E-state index contributed by atoms with van der Waals surface area (Å²) in [5.41, 5.74) is 2.49. The second-order valence-corrected chi connectivity index (χ2v) is 5.58. The third-order valence-corrected chi connectivity index (χ3v) is 3.85. The van der Waals surface area contributed by atoms with Crippen LogP contribution in [0.3, 0.4) is 0 Å². The fourth-order valence-corrected chi connectivity index (χ4v) is 2.76. The molecule has 0 bridgehead atoms. The zero-order valence-corrected chi connectivity index (χ0v) is 12.8. The third-order valence-electron chi connectivity index (χ3n) is 3.85. The molecule has 1 aliphatic rings. The number of benzene rings is 1. The predicted molar refractivity (Wildman–Crippen MR) is 87.0 cm³/mol. The number of urea groups is 1. The van der Waals surface area contributed by atoms with Gasteiger partial charge < -0.3 is 10.6 Å². The maximum atomic E-state index is 11.4. The van der Waals surface area contributed by atoms with E-state index in [4.69, 9.17) is 0 Å². The zero-order valence-electron chi connectivity index (χ0n) is 12.8. The standard InChI is InChI=1S/C17H25N3O/c1-3-14-6-5-7-15(10-14)12-20-9-8-16(13-20)11-19-17(21)18-4-2/h3,5-7,10,16H,1,4,8-9,11-13H2,2H3,(H2,18,19,21). The molecule has 0 aromatic heterocycles. The summed E-state index contributed by atoms with van der Waals surface area (Å²) in [4.78, 5) is 13.8. The maximum Gasteiger partial charge on any atom is 0.314 e. The molecule has 1 saturated heterocycles. The van der Waals surface area contributed by atoms with E-state index in [1.807, 2.05) is 13.0 Å². The van der Waals surface area contributed by atoms with Gasteiger partial charge in [0, 0.05) is 26.2 Å². The van der Waals surface area contributed by atoms with Gasteiger partial charge in [-0.3, -0.25) is 4.90 Å². The van der Waals surface area contributed by atoms with Crippen LogP contribution in [-0.2, 0) is 6.54 Å². The molecule has 0 radical (unpaired) electrons. The molecule has 0 spiro atoms. The van der Waals surface area contributed by atoms with Gasteiger partial charge in [-0.2, -0.15) is 0 Å². The first-order valence-corrected chi connectivity index (χ1v) is 7.66. The second kappa shape index (κ2) is 7.84. The van der Waals surface area contributed by atoms with Gasteiger partial charge >= 0.3 is 6.03 Å². The predicted octanol–water partition coefficient (Wildman–Crippen LogP) is 2.47. The smallest absolute Gasteiger partial charge is 0.314 e. The summed E-state index contributed by atoms with van der Waals surface area (Å²) in [6, 6.07) is 8.44. The third kappa shape index (κ3) is 4.90. The Bertz CT molecular complexity index is 487. The van der Waals surface area contributed by atoms with Gasteiger partial charge in [-0.1, -0.05) is 36.9 Å². The van der Waals surface area contributed by atoms with Crippen LogP contribution < -0.4 is 10.6 Å². The molecule has 4 nitrogen and oxygen atoms in total. The molecule has 21 heavy (non-hydrogen) atoms. The fourth-order valence-electron chi connectivity index (χ4n) is 2.76. The Hall–Kier alpha value is -1.81. The highest BCUT2D eigenvalue weighted by Gasteiger charge is 2.22. The van der Waals surface area contributed by atoms with Crippen molar-refractivity contribution in [2.24, 2.45) is 5.92 Å². The van der Waals surface area contributed by atoms with Crippen LogP contribution in [0, 0.1) is 5.92 Å². The van der Waals surface area contributed by atoms with Gasteiger partial charge in [-0.05, 0) is 36.9 Å². The van der Waals surface area contributed by atoms with E-state index in [2.05, 4.69) is 46.4 Å². The van der Waals surface area contributed by atoms with Gasteiger partial charge in [0.1, 0.15) is 0 Å². The minimum atomic E-state index is -0.0605. The Labute approximate surface area is 127 Å². The highest BCUT2D eigenvalue weighted by Crippen LogP contribution is 2.18. The normalized spacial score (nSPS) is 18.4. The van der Waals surface area contributed by atoms with Gasteiger partial charge in [0.15, 0.2) is 0 Å². The van der Waals surface area contributed by atoms with Crippen LogP contribution in [0.1, 0.15) is 24.5 Å². The number of nitrogens with one attached hydrogen (secondary N) is 2. The first-order valence-electron chi connectivity index (χ1n) is 7.66. The Kier molecular flexibility index (Phi) is 5.81. The number of amides is 2. The summed E-state index contributed by atoms with van der Waals surface area (Å²) in [7, 11) is 0. The average molecular weight is 287 g/mol. The highest BCUT2D eigenvalue weighted by atomic mass is 16.2. The number of hydrogen-bond acceptors (Lipinski definition) is 2. The molecule has 2 N–H and O–H groups in total. The summed E-state index contributed by atoms with van der Waals surface area (Å²) in [6.45, 7) is 10.3. The Morgan fingerprint density at radius 2 is 2.33 bits per heavy atom. The summed E-state index contributed by atoms with van der Waals surface area (Å²) in [5, 5.41) is 5.70. The molecular formula is C17H25N3O. The minimum absolute atomic E-state index is 0.0605. The summed E-state index contributed by atoms with van der Waals surface area (Å²) in [6.07, 6.45) is 3.03. The number of rotatable bonds is 6. The van der Waals surface area contributed by atoms with E-state index < -0.39 is 0 Å². The van der Waals surface area contributed by atoms with Crippen molar-refractivity contribution < 1.29 is 4.79 Å². The summed E-state index contributed by atoms with van der Waals surface area (Å²) < 4.78 is 0. The molecular weight excluding hydrogens is 262 g/mol. The second-order valence-electron chi connectivity index (χ2n) is 5.58. The highest BCUT2D eigenvalue weighted by molar-refractivity contribution is 5.73. The van der Waals surface area contributed by atoms with Crippen molar-refractivity contribution in [3.05, 3.63) is 42.0 Å². The maximum absolute atomic E-state index is 11.4. The average Bonchev–Trinajstić information content (AvgIpc) is 2.93. The molecule has 1 aliphatic heterocycles. The number of likely N-dealkylation sites (tertiary alicyclic amines) is 1. The van der Waals surface area contributed by atoms with E-state index in [0.29, 0.717) is 12.5 Å². The van der Waals surface area contributed by atoms with E-state index in [-0.39, 0.29) is 6.03 Å². The molecule has 1 aromatic carbocycles. The summed E-state index contributed by atoms with van der Waals surface area (Å²) in [5.74, 6) is 0.551. The molecule has 114 valence electrons. The number of carbonyl (C=O) groups is 1. The van der Waals surface area contributed by atoms with Gasteiger partial charge in [-0.25, -0.2) is 4.79 Å². The number of hydrogen-bond donors (Lipinski definition) is 2. The minimum Gasteiger partial charge on any atom is -0.338 e. The number of nitrogens with zero attached hydrogens (tertiary/aromatic N) is 1. The molecule has 0 saturated carbocycles. The van der Waals surface area contributed by atoms with Crippen molar-refractivity contribution in [1.82, 2.24) is 15.5 Å². The quantitative estimate of drug-likeness (QED) is 0.844. The van der Waals surface area contributed by atoms with Crippen LogP contribution >= 0.6 is 0 Å². The first kappa shape index (κ1) is 15.6. The van der Waals surface area contributed by atoms with Crippen molar-refractivity contribution in [2.45, 2.75) is 19.9 Å². The van der Waals surface area contributed by atoms with E-state index >= 15 is 0 Å². The van der Waals surface area contributed by atoms with Crippen LogP contribution in [0.5, 0.6) is 0 Å².